The van der Waals surface area contributed by atoms with Crippen LogP contribution in [0, 0.1) is 12.3 Å². The van der Waals surface area contributed by atoms with Gasteiger partial charge >= 0.3 is 0 Å². The van der Waals surface area contributed by atoms with Crippen LogP contribution in [0.2, 0.25) is 0 Å². The predicted octanol–water partition coefficient (Wildman–Crippen LogP) is 3.90. The van der Waals surface area contributed by atoms with Gasteiger partial charge in [0.2, 0.25) is 10.0 Å². The zero-order chi connectivity index (χ0) is 23.4. The maximum atomic E-state index is 12.9. The molecule has 0 N–H and O–H groups in total. The highest BCUT2D eigenvalue weighted by molar-refractivity contribution is 7.89. The summed E-state index contributed by atoms with van der Waals surface area (Å²) in [7, 11) is -2.17. The van der Waals surface area contributed by atoms with E-state index < -0.39 is 15.9 Å². The lowest BCUT2D eigenvalue weighted by molar-refractivity contribution is 0.0998. The first-order valence-corrected chi connectivity index (χ1v) is 12.4. The lowest BCUT2D eigenvalue weighted by atomic mass is 10.2. The van der Waals surface area contributed by atoms with E-state index in [2.05, 4.69) is 10.9 Å². The highest BCUT2D eigenvalue weighted by atomic mass is 32.2. The molecule has 0 bridgehead atoms. The molecule has 0 radical (unpaired) electrons. The van der Waals surface area contributed by atoms with Gasteiger partial charge in [-0.05, 0) is 42.0 Å². The Hall–Kier alpha value is -3.51. The molecule has 1 heterocycles. The minimum atomic E-state index is -3.70. The predicted molar refractivity (Wildman–Crippen MR) is 130 cm³/mol. The molecule has 0 saturated heterocycles. The van der Waals surface area contributed by atoms with E-state index in [4.69, 9.17) is 6.42 Å². The van der Waals surface area contributed by atoms with Gasteiger partial charge in [0.05, 0.1) is 21.7 Å². The molecular formula is C25H21N3O3S2. The van der Waals surface area contributed by atoms with Crippen molar-refractivity contribution < 1.29 is 13.2 Å². The Balaban J connectivity index is 1.60. The summed E-state index contributed by atoms with van der Waals surface area (Å²) in [6.07, 6.45) is 5.50. The average Bonchev–Trinajstić information content (AvgIpc) is 3.17. The van der Waals surface area contributed by atoms with Crippen LogP contribution in [0.4, 0.5) is 0 Å². The van der Waals surface area contributed by atoms with Crippen LogP contribution in [0.3, 0.4) is 0 Å². The summed E-state index contributed by atoms with van der Waals surface area (Å²) in [6, 6.07) is 22.9. The normalized spacial score (nSPS) is 12.2. The molecule has 4 aromatic rings. The number of sulfonamides is 1. The minimum absolute atomic E-state index is 0.113. The summed E-state index contributed by atoms with van der Waals surface area (Å²) in [5.74, 6) is 2.13. The molecule has 0 aliphatic rings. The summed E-state index contributed by atoms with van der Waals surface area (Å²) < 4.78 is 29.9. The summed E-state index contributed by atoms with van der Waals surface area (Å²) in [5, 5.41) is 0. The van der Waals surface area contributed by atoms with Crippen molar-refractivity contribution in [3.05, 3.63) is 94.8 Å². The van der Waals surface area contributed by atoms with Gasteiger partial charge in [0.25, 0.3) is 5.91 Å². The number of terminal acetylenes is 1. The topological polar surface area (TPSA) is 71.7 Å². The van der Waals surface area contributed by atoms with E-state index in [0.29, 0.717) is 16.9 Å². The first-order valence-electron chi connectivity index (χ1n) is 10.1. The number of benzene rings is 3. The van der Waals surface area contributed by atoms with Gasteiger partial charge in [-0.3, -0.25) is 4.79 Å². The summed E-state index contributed by atoms with van der Waals surface area (Å²) in [6.45, 7) is 0.543. The van der Waals surface area contributed by atoms with Gasteiger partial charge in [-0.1, -0.05) is 59.7 Å². The average molecular weight is 476 g/mol. The standard InChI is InChI=1S/C25H21N3O3S2/c1-3-17-28-22-11-7-8-12-23(22)32-25(28)26-24(29)20-13-15-21(16-14-20)33(30,31)27(2)18-19-9-5-4-6-10-19/h1,4-16H,17-18H2,2H3. The molecule has 0 spiro atoms. The van der Waals surface area contributed by atoms with Crippen molar-refractivity contribution in [2.45, 2.75) is 18.0 Å². The van der Waals surface area contributed by atoms with E-state index in [0.717, 1.165) is 15.8 Å². The number of thiazole rings is 1. The first kappa shape index (κ1) is 22.7. The van der Waals surface area contributed by atoms with Gasteiger partial charge < -0.3 is 4.57 Å². The van der Waals surface area contributed by atoms with Crippen molar-refractivity contribution in [3.63, 3.8) is 0 Å². The lowest BCUT2D eigenvalue weighted by Crippen LogP contribution is -2.26. The summed E-state index contributed by atoms with van der Waals surface area (Å²) in [5.41, 5.74) is 2.09. The molecular weight excluding hydrogens is 454 g/mol. The molecule has 33 heavy (non-hydrogen) atoms. The number of carbonyl (C=O) groups is 1. The molecule has 4 rings (SSSR count). The van der Waals surface area contributed by atoms with E-state index in [9.17, 15) is 13.2 Å². The highest BCUT2D eigenvalue weighted by Gasteiger charge is 2.21. The number of hydrogen-bond donors (Lipinski definition) is 0. The SMILES string of the molecule is C#CCn1c(=NC(=O)c2ccc(S(=O)(=O)N(C)Cc3ccccc3)cc2)sc2ccccc21. The molecule has 6 nitrogen and oxygen atoms in total. The monoisotopic (exact) mass is 475 g/mol. The van der Waals surface area contributed by atoms with Crippen molar-refractivity contribution in [3.8, 4) is 12.3 Å². The molecule has 1 aromatic heterocycles. The zero-order valence-corrected chi connectivity index (χ0v) is 19.5. The molecule has 0 aliphatic carbocycles. The number of amides is 1. The first-order chi connectivity index (χ1) is 15.9. The molecule has 0 fully saturated rings. The molecule has 0 saturated carbocycles. The van der Waals surface area contributed by atoms with E-state index >= 15 is 0 Å². The van der Waals surface area contributed by atoms with E-state index in [1.807, 2.05) is 59.2 Å². The smallest absolute Gasteiger partial charge is 0.279 e. The fraction of sp³-hybridized carbons (Fsp3) is 0.120. The van der Waals surface area contributed by atoms with Crippen LogP contribution >= 0.6 is 11.3 Å². The molecule has 0 aliphatic heterocycles. The molecule has 0 atom stereocenters. The summed E-state index contributed by atoms with van der Waals surface area (Å²) >= 11 is 1.38. The van der Waals surface area contributed by atoms with Crippen LogP contribution in [-0.4, -0.2) is 30.2 Å². The third-order valence-corrected chi connectivity index (χ3v) is 7.97. The number of nitrogens with zero attached hydrogens (tertiary/aromatic N) is 3. The Kier molecular flexibility index (Phi) is 6.56. The highest BCUT2D eigenvalue weighted by Crippen LogP contribution is 2.19. The van der Waals surface area contributed by atoms with Gasteiger partial charge in [0.1, 0.15) is 0 Å². The second-order valence-corrected chi connectivity index (χ2v) is 10.4. The van der Waals surface area contributed by atoms with Crippen molar-refractivity contribution in [1.29, 1.82) is 0 Å². The maximum absolute atomic E-state index is 12.9. The van der Waals surface area contributed by atoms with Crippen molar-refractivity contribution in [1.82, 2.24) is 8.87 Å². The minimum Gasteiger partial charge on any atom is -0.305 e. The number of carbonyl (C=O) groups excluding carboxylic acids is 1. The summed E-state index contributed by atoms with van der Waals surface area (Å²) in [4.78, 5) is 17.7. The quantitative estimate of drug-likeness (QED) is 0.397. The molecule has 3 aromatic carbocycles. The van der Waals surface area contributed by atoms with E-state index in [1.54, 1.807) is 0 Å². The number of hydrogen-bond acceptors (Lipinski definition) is 4. The fourth-order valence-electron chi connectivity index (χ4n) is 3.38. The Morgan fingerprint density at radius 3 is 2.39 bits per heavy atom. The third kappa shape index (κ3) is 4.81. The van der Waals surface area contributed by atoms with Gasteiger partial charge in [0, 0.05) is 19.2 Å². The second kappa shape index (κ2) is 9.55. The van der Waals surface area contributed by atoms with E-state index in [-0.39, 0.29) is 11.4 Å². The van der Waals surface area contributed by atoms with Gasteiger partial charge in [-0.25, -0.2) is 8.42 Å². The Bertz CT molecular complexity index is 1510. The number of aromatic nitrogens is 1. The van der Waals surface area contributed by atoms with Gasteiger partial charge in [-0.15, -0.1) is 6.42 Å². The molecule has 0 unspecified atom stereocenters. The largest absolute Gasteiger partial charge is 0.305 e. The van der Waals surface area contributed by atoms with Gasteiger partial charge in [0.15, 0.2) is 4.80 Å². The van der Waals surface area contributed by atoms with Crippen LogP contribution < -0.4 is 4.80 Å². The molecule has 8 heteroatoms. The Labute approximate surface area is 196 Å². The van der Waals surface area contributed by atoms with E-state index in [1.165, 1.54) is 47.0 Å². The fourth-order valence-corrected chi connectivity index (χ4v) is 5.56. The molecule has 1 amide bonds. The maximum Gasteiger partial charge on any atom is 0.279 e. The van der Waals surface area contributed by atoms with Crippen LogP contribution in [0.1, 0.15) is 15.9 Å². The number of fused-ring (bicyclic) bond motifs is 1. The lowest BCUT2D eigenvalue weighted by Gasteiger charge is -2.17. The number of para-hydroxylation sites is 1. The van der Waals surface area contributed by atoms with Crippen molar-refractivity contribution >= 4 is 37.5 Å². The van der Waals surface area contributed by atoms with Crippen LogP contribution in [0.25, 0.3) is 10.2 Å². The van der Waals surface area contributed by atoms with Crippen LogP contribution in [0.5, 0.6) is 0 Å². The van der Waals surface area contributed by atoms with Crippen molar-refractivity contribution in [2.75, 3.05) is 7.05 Å². The van der Waals surface area contributed by atoms with Crippen LogP contribution in [0.15, 0.2) is 88.8 Å². The molecule has 166 valence electrons. The third-order valence-electron chi connectivity index (χ3n) is 5.09. The second-order valence-electron chi connectivity index (χ2n) is 7.33. The van der Waals surface area contributed by atoms with Crippen molar-refractivity contribution in [2.24, 2.45) is 4.99 Å². The van der Waals surface area contributed by atoms with Crippen LogP contribution in [-0.2, 0) is 23.1 Å². The Morgan fingerprint density at radius 1 is 1.03 bits per heavy atom. The zero-order valence-electron chi connectivity index (χ0n) is 17.9. The Morgan fingerprint density at radius 2 is 1.70 bits per heavy atom. The number of rotatable bonds is 6. The van der Waals surface area contributed by atoms with Gasteiger partial charge in [-0.2, -0.15) is 9.30 Å².